The third-order valence-corrected chi connectivity index (χ3v) is 7.39. The van der Waals surface area contributed by atoms with Gasteiger partial charge in [-0.15, -0.1) is 0 Å². The fraction of sp³-hybridized carbons (Fsp3) is 0.300. The number of aromatic amines is 1. The molecular weight excluding hydrogens is 492 g/mol. The lowest BCUT2D eigenvalue weighted by Gasteiger charge is -2.33. The van der Waals surface area contributed by atoms with Crippen LogP contribution in [-0.2, 0) is 4.79 Å². The number of fused-ring (bicyclic) bond motifs is 1. The van der Waals surface area contributed by atoms with Crippen LogP contribution in [-0.4, -0.2) is 51.2 Å². The number of carbonyl (C=O) groups excluding carboxylic acids is 1. The highest BCUT2D eigenvalue weighted by Crippen LogP contribution is 2.36. The lowest BCUT2D eigenvalue weighted by Crippen LogP contribution is -2.40. The Hall–Kier alpha value is -4.37. The summed E-state index contributed by atoms with van der Waals surface area (Å²) in [5.74, 6) is 1.72. The first-order chi connectivity index (χ1) is 19.1. The number of nitrogens with zero attached hydrogens (tertiary/aromatic N) is 3. The number of nitrogens with two attached hydrogens (primary N) is 1. The zero-order chi connectivity index (χ0) is 26.8. The predicted octanol–water partition coefficient (Wildman–Crippen LogP) is 4.24. The maximum absolute atomic E-state index is 13.0. The van der Waals surface area contributed by atoms with Crippen LogP contribution in [0, 0.1) is 0 Å². The van der Waals surface area contributed by atoms with Gasteiger partial charge < -0.3 is 25.3 Å². The van der Waals surface area contributed by atoms with Crippen molar-refractivity contribution < 1.29 is 9.53 Å². The summed E-state index contributed by atoms with van der Waals surface area (Å²) in [5.41, 5.74) is 8.20. The number of likely N-dealkylation sites (tertiary alicyclic amines) is 1. The highest BCUT2D eigenvalue weighted by atomic mass is 16.5. The number of aromatic nitrogens is 3. The van der Waals surface area contributed by atoms with Crippen LogP contribution in [0.1, 0.15) is 31.7 Å². The van der Waals surface area contributed by atoms with Crippen molar-refractivity contribution in [2.75, 3.05) is 25.4 Å². The molecule has 9 nitrogen and oxygen atoms in total. The molecular formula is C30H32N6O3. The van der Waals surface area contributed by atoms with Crippen LogP contribution >= 0.6 is 0 Å². The predicted molar refractivity (Wildman–Crippen MR) is 152 cm³/mol. The van der Waals surface area contributed by atoms with Crippen molar-refractivity contribution in [2.45, 2.75) is 37.8 Å². The van der Waals surface area contributed by atoms with E-state index >= 15 is 0 Å². The first-order valence-corrected chi connectivity index (χ1v) is 13.5. The first kappa shape index (κ1) is 24.9. The molecule has 1 atom stereocenters. The van der Waals surface area contributed by atoms with Crippen LogP contribution in [0.5, 0.6) is 11.5 Å². The minimum atomic E-state index is -0.302. The van der Waals surface area contributed by atoms with Gasteiger partial charge >= 0.3 is 0 Å². The van der Waals surface area contributed by atoms with Crippen molar-refractivity contribution in [3.8, 4) is 22.6 Å². The quantitative estimate of drug-likeness (QED) is 0.297. The number of hydrogen-bond acceptors (Lipinski definition) is 6. The standard InChI is InChI=1S/C30H32N6O3/c31-29-27-25(20-10-14-24(15-11-20)39-23-7-2-1-3-8-23)19-36(28(27)30(38)34-33-29)22-6-5-17-35(18-22)26(37)9-4-16-32-21-12-13-21/h1-4,7-11,14-15,19,21-22,32H,5-6,12-13,16-18H2,(H2,31,33)(H,34,38)/t22-/m1/s1. The summed E-state index contributed by atoms with van der Waals surface area (Å²) in [4.78, 5) is 27.8. The molecule has 0 radical (unpaired) electrons. The number of para-hydroxylation sites is 1. The fourth-order valence-electron chi connectivity index (χ4n) is 5.24. The number of nitrogen functional groups attached to an aromatic ring is 1. The van der Waals surface area contributed by atoms with Crippen LogP contribution in [0.15, 0.2) is 77.7 Å². The number of nitrogens with one attached hydrogen (secondary N) is 2. The van der Waals surface area contributed by atoms with E-state index in [1.54, 1.807) is 6.08 Å². The van der Waals surface area contributed by atoms with Gasteiger partial charge in [-0.05, 0) is 55.5 Å². The van der Waals surface area contributed by atoms with Gasteiger partial charge in [0.2, 0.25) is 5.91 Å². The maximum Gasteiger partial charge on any atom is 0.288 e. The Labute approximate surface area is 226 Å². The van der Waals surface area contributed by atoms with Crippen molar-refractivity contribution in [2.24, 2.45) is 0 Å². The van der Waals surface area contributed by atoms with Crippen molar-refractivity contribution in [1.82, 2.24) is 25.0 Å². The van der Waals surface area contributed by atoms with Crippen LogP contribution < -0.4 is 21.3 Å². The number of rotatable bonds is 8. The van der Waals surface area contributed by atoms with E-state index < -0.39 is 0 Å². The Balaban J connectivity index is 1.27. The summed E-state index contributed by atoms with van der Waals surface area (Å²) in [6, 6.07) is 17.8. The van der Waals surface area contributed by atoms with Gasteiger partial charge in [0, 0.05) is 43.5 Å². The lowest BCUT2D eigenvalue weighted by molar-refractivity contribution is -0.127. The highest BCUT2D eigenvalue weighted by Gasteiger charge is 2.27. The van der Waals surface area contributed by atoms with Crippen molar-refractivity contribution in [1.29, 1.82) is 0 Å². The molecule has 0 unspecified atom stereocenters. The number of hydrogen-bond donors (Lipinski definition) is 3. The Morgan fingerprint density at radius 1 is 1.10 bits per heavy atom. The second-order valence-electron chi connectivity index (χ2n) is 10.2. The molecule has 6 rings (SSSR count). The van der Waals surface area contributed by atoms with E-state index in [0.29, 0.717) is 42.3 Å². The van der Waals surface area contributed by atoms with Gasteiger partial charge in [0.05, 0.1) is 11.4 Å². The second-order valence-corrected chi connectivity index (χ2v) is 10.2. The average Bonchev–Trinajstić information content (AvgIpc) is 3.70. The number of carbonyl (C=O) groups is 1. The molecule has 1 aliphatic carbocycles. The van der Waals surface area contributed by atoms with Crippen LogP contribution in [0.3, 0.4) is 0 Å². The largest absolute Gasteiger partial charge is 0.457 e. The molecule has 4 N–H and O–H groups in total. The molecule has 2 fully saturated rings. The maximum atomic E-state index is 13.0. The number of amides is 1. The summed E-state index contributed by atoms with van der Waals surface area (Å²) in [7, 11) is 0. The third-order valence-electron chi connectivity index (χ3n) is 7.39. The first-order valence-electron chi connectivity index (χ1n) is 13.5. The SMILES string of the molecule is Nc1n[nH]c(=O)c2c1c(-c1ccc(Oc3ccccc3)cc1)cn2[C@@H]1CCCN(C(=O)C=CCNC2CC2)C1. The van der Waals surface area contributed by atoms with E-state index in [1.807, 2.05) is 76.3 Å². The molecule has 2 aliphatic rings. The molecule has 9 heteroatoms. The van der Waals surface area contributed by atoms with Crippen molar-refractivity contribution in [3.63, 3.8) is 0 Å². The third kappa shape index (κ3) is 5.44. The van der Waals surface area contributed by atoms with E-state index in [4.69, 9.17) is 10.5 Å². The van der Waals surface area contributed by atoms with Gasteiger partial charge in [-0.1, -0.05) is 36.4 Å². The summed E-state index contributed by atoms with van der Waals surface area (Å²) in [6.07, 6.45) is 9.66. The zero-order valence-corrected chi connectivity index (χ0v) is 21.7. The monoisotopic (exact) mass is 524 g/mol. The van der Waals surface area contributed by atoms with Crippen LogP contribution in [0.25, 0.3) is 22.0 Å². The van der Waals surface area contributed by atoms with Gasteiger partial charge in [-0.3, -0.25) is 9.59 Å². The Morgan fingerprint density at radius 2 is 1.87 bits per heavy atom. The summed E-state index contributed by atoms with van der Waals surface area (Å²) < 4.78 is 7.92. The summed E-state index contributed by atoms with van der Waals surface area (Å²) in [5, 5.41) is 10.6. The molecule has 1 amide bonds. The topological polar surface area (TPSA) is 118 Å². The molecule has 1 aliphatic heterocycles. The number of H-pyrrole nitrogens is 1. The van der Waals surface area contributed by atoms with E-state index in [-0.39, 0.29) is 23.3 Å². The van der Waals surface area contributed by atoms with E-state index in [1.165, 1.54) is 12.8 Å². The lowest BCUT2D eigenvalue weighted by atomic mass is 10.1. The smallest absolute Gasteiger partial charge is 0.288 e. The van der Waals surface area contributed by atoms with Crippen LogP contribution in [0.4, 0.5) is 5.82 Å². The second kappa shape index (κ2) is 10.8. The Bertz CT molecular complexity index is 1550. The van der Waals surface area contributed by atoms with Gasteiger partial charge in [0.15, 0.2) is 5.82 Å². The highest BCUT2D eigenvalue weighted by molar-refractivity contribution is 6.02. The zero-order valence-electron chi connectivity index (χ0n) is 21.7. The number of anilines is 1. The summed E-state index contributed by atoms with van der Waals surface area (Å²) >= 11 is 0. The average molecular weight is 525 g/mol. The molecule has 0 spiro atoms. The number of piperidine rings is 1. The van der Waals surface area contributed by atoms with Crippen molar-refractivity contribution >= 4 is 22.6 Å². The Kier molecular flexibility index (Phi) is 6.89. The van der Waals surface area contributed by atoms with E-state index in [0.717, 1.165) is 29.7 Å². The minimum Gasteiger partial charge on any atom is -0.457 e. The molecule has 4 aromatic rings. The fourth-order valence-corrected chi connectivity index (χ4v) is 5.24. The molecule has 0 bridgehead atoms. The number of ether oxygens (including phenoxy) is 1. The van der Waals surface area contributed by atoms with Gasteiger partial charge in [0.1, 0.15) is 17.0 Å². The van der Waals surface area contributed by atoms with Crippen molar-refractivity contribution in [3.05, 3.63) is 83.3 Å². The number of benzene rings is 2. The Morgan fingerprint density at radius 3 is 2.64 bits per heavy atom. The van der Waals surface area contributed by atoms with Gasteiger partial charge in [-0.25, -0.2) is 5.10 Å². The molecule has 2 aromatic carbocycles. The minimum absolute atomic E-state index is 0.00178. The normalized spacial score (nSPS) is 17.6. The molecule has 39 heavy (non-hydrogen) atoms. The molecule has 1 saturated heterocycles. The molecule has 1 saturated carbocycles. The van der Waals surface area contributed by atoms with Gasteiger partial charge in [-0.2, -0.15) is 5.10 Å². The van der Waals surface area contributed by atoms with E-state index in [2.05, 4.69) is 15.5 Å². The van der Waals surface area contributed by atoms with E-state index in [9.17, 15) is 9.59 Å². The van der Waals surface area contributed by atoms with Crippen LogP contribution in [0.2, 0.25) is 0 Å². The van der Waals surface area contributed by atoms with Gasteiger partial charge in [0.25, 0.3) is 5.56 Å². The molecule has 3 heterocycles. The summed E-state index contributed by atoms with van der Waals surface area (Å²) in [6.45, 7) is 1.93. The molecule has 200 valence electrons. The molecule has 2 aromatic heterocycles.